The van der Waals surface area contributed by atoms with E-state index in [2.05, 4.69) is 36.8 Å². The number of carbonyl (C=O) groups excluding carboxylic acids is 1. The highest BCUT2D eigenvalue weighted by molar-refractivity contribution is 9.10. The molecule has 0 fully saturated rings. The van der Waals surface area contributed by atoms with Gasteiger partial charge in [-0.3, -0.25) is 4.79 Å². The average Bonchev–Trinajstić information content (AvgIpc) is 3.19. The summed E-state index contributed by atoms with van der Waals surface area (Å²) in [7, 11) is 1.56. The average molecular weight is 471 g/mol. The second-order valence-electron chi connectivity index (χ2n) is 6.69. The van der Waals surface area contributed by atoms with Crippen molar-refractivity contribution in [1.29, 1.82) is 0 Å². The number of hydrogen-bond donors (Lipinski definition) is 2. The van der Waals surface area contributed by atoms with Crippen LogP contribution in [0.1, 0.15) is 24.1 Å². The molecule has 0 radical (unpaired) electrons. The lowest BCUT2D eigenvalue weighted by Crippen LogP contribution is -2.31. The molecular weight excluding hydrogens is 452 g/mol. The number of anilines is 1. The highest BCUT2D eigenvalue weighted by atomic mass is 79.9. The third kappa shape index (κ3) is 3.61. The molecule has 0 bridgehead atoms. The Balaban J connectivity index is 1.75. The van der Waals surface area contributed by atoms with Crippen molar-refractivity contribution in [3.8, 4) is 11.5 Å². The normalized spacial score (nSPS) is 15.4. The van der Waals surface area contributed by atoms with E-state index in [4.69, 9.17) is 15.2 Å². The molecule has 1 aliphatic heterocycles. The summed E-state index contributed by atoms with van der Waals surface area (Å²) in [6.07, 6.45) is 0. The molecule has 1 amide bonds. The molecule has 1 atom stereocenters. The zero-order valence-corrected chi connectivity index (χ0v) is 17.9. The number of tetrazole rings is 1. The summed E-state index contributed by atoms with van der Waals surface area (Å²) in [5, 5.41) is 14.7. The van der Waals surface area contributed by atoms with Crippen LogP contribution in [0.5, 0.6) is 11.5 Å². The van der Waals surface area contributed by atoms with E-state index in [9.17, 15) is 4.79 Å². The molecule has 0 saturated carbocycles. The third-order valence-corrected chi connectivity index (χ3v) is 5.36. The molecule has 2 aromatic carbocycles. The second kappa shape index (κ2) is 8.15. The molecule has 1 aromatic heterocycles. The molecule has 2 heterocycles. The summed E-state index contributed by atoms with van der Waals surface area (Å²) in [5.74, 6) is 0.912. The van der Waals surface area contributed by atoms with Gasteiger partial charge in [-0.15, -0.1) is 0 Å². The van der Waals surface area contributed by atoms with E-state index in [-0.39, 0.29) is 0 Å². The van der Waals surface area contributed by atoms with Gasteiger partial charge < -0.3 is 20.5 Å². The Hall–Kier alpha value is -3.40. The van der Waals surface area contributed by atoms with Gasteiger partial charge in [0, 0.05) is 5.70 Å². The molecule has 1 aliphatic rings. The van der Waals surface area contributed by atoms with Crippen LogP contribution in [0.3, 0.4) is 0 Å². The molecule has 0 unspecified atom stereocenters. The first-order valence-electron chi connectivity index (χ1n) is 9.09. The van der Waals surface area contributed by atoms with E-state index >= 15 is 0 Å². The number of nitrogens with one attached hydrogen (secondary N) is 1. The van der Waals surface area contributed by atoms with Gasteiger partial charge in [-0.2, -0.15) is 4.68 Å². The molecule has 0 spiro atoms. The second-order valence-corrected chi connectivity index (χ2v) is 7.54. The minimum Gasteiger partial charge on any atom is -0.493 e. The van der Waals surface area contributed by atoms with Gasteiger partial charge >= 0.3 is 0 Å². The smallest absolute Gasteiger partial charge is 0.248 e. The topological polar surface area (TPSA) is 117 Å². The van der Waals surface area contributed by atoms with Crippen molar-refractivity contribution in [1.82, 2.24) is 20.2 Å². The van der Waals surface area contributed by atoms with Crippen molar-refractivity contribution < 1.29 is 14.3 Å². The number of ether oxygens (including phenoxy) is 2. The number of amides is 1. The fraction of sp³-hybridized carbons (Fsp3) is 0.200. The molecule has 154 valence electrons. The third-order valence-electron chi connectivity index (χ3n) is 4.77. The molecule has 4 rings (SSSR count). The standard InChI is InChI=1S/C20H19BrN6O3/c1-11-16(19(22)28)17(27-20(23-11)24-25-26-27)13-8-14(21)18(15(9-13)29-2)30-10-12-6-4-3-5-7-12/h3-9,17H,10H2,1-2H3,(H2,22,28)(H,23,24,26)/t17-/m0/s1. The van der Waals surface area contributed by atoms with Crippen molar-refractivity contribution in [3.05, 3.63) is 69.3 Å². The predicted octanol–water partition coefficient (Wildman–Crippen LogP) is 2.80. The molecule has 10 heteroatoms. The van der Waals surface area contributed by atoms with Gasteiger partial charge in [0.15, 0.2) is 11.5 Å². The predicted molar refractivity (Wildman–Crippen MR) is 113 cm³/mol. The zero-order chi connectivity index (χ0) is 21.3. The first-order chi connectivity index (χ1) is 14.5. The molecule has 30 heavy (non-hydrogen) atoms. The maximum absolute atomic E-state index is 12.2. The number of carbonyl (C=O) groups is 1. The number of primary amides is 1. The van der Waals surface area contributed by atoms with Gasteiger partial charge in [-0.1, -0.05) is 35.4 Å². The number of rotatable bonds is 6. The summed E-state index contributed by atoms with van der Waals surface area (Å²) in [4.78, 5) is 12.2. The summed E-state index contributed by atoms with van der Waals surface area (Å²) >= 11 is 3.57. The van der Waals surface area contributed by atoms with Gasteiger partial charge in [-0.05, 0) is 56.5 Å². The summed E-state index contributed by atoms with van der Waals surface area (Å²) in [5.41, 5.74) is 8.38. The number of fused-ring (bicyclic) bond motifs is 1. The lowest BCUT2D eigenvalue weighted by atomic mass is 9.95. The van der Waals surface area contributed by atoms with Gasteiger partial charge in [0.25, 0.3) is 0 Å². The van der Waals surface area contributed by atoms with Gasteiger partial charge in [0.2, 0.25) is 11.9 Å². The number of nitrogens with two attached hydrogens (primary N) is 1. The van der Waals surface area contributed by atoms with Gasteiger partial charge in [-0.25, -0.2) is 0 Å². The Bertz CT molecular complexity index is 1130. The van der Waals surface area contributed by atoms with Crippen LogP contribution >= 0.6 is 15.9 Å². The molecule has 0 saturated heterocycles. The SMILES string of the molecule is COc1cc([C@H]2C(C(N)=O)=C(C)Nc3nnnn32)cc(Br)c1OCc1ccccc1. The largest absolute Gasteiger partial charge is 0.493 e. The van der Waals surface area contributed by atoms with Crippen molar-refractivity contribution in [2.75, 3.05) is 12.4 Å². The highest BCUT2D eigenvalue weighted by Gasteiger charge is 2.34. The van der Waals surface area contributed by atoms with Crippen LogP contribution in [0.2, 0.25) is 0 Å². The minimum atomic E-state index is -0.609. The molecule has 3 N–H and O–H groups in total. The molecule has 0 aliphatic carbocycles. The van der Waals surface area contributed by atoms with E-state index in [0.29, 0.717) is 45.4 Å². The van der Waals surface area contributed by atoms with Crippen LogP contribution in [-0.2, 0) is 11.4 Å². The minimum absolute atomic E-state index is 0.363. The summed E-state index contributed by atoms with van der Waals surface area (Å²) in [6, 6.07) is 12.9. The first kappa shape index (κ1) is 19.9. The number of halogens is 1. The molecule has 3 aromatic rings. The van der Waals surface area contributed by atoms with Gasteiger partial charge in [0.1, 0.15) is 12.6 Å². The summed E-state index contributed by atoms with van der Waals surface area (Å²) < 4.78 is 13.8. The van der Waals surface area contributed by atoms with E-state index in [1.807, 2.05) is 36.4 Å². The number of aromatic nitrogens is 4. The monoisotopic (exact) mass is 470 g/mol. The first-order valence-corrected chi connectivity index (χ1v) is 9.88. The van der Waals surface area contributed by atoms with Crippen molar-refractivity contribution in [2.45, 2.75) is 19.6 Å². The van der Waals surface area contributed by atoms with Crippen LogP contribution in [0, 0.1) is 0 Å². The Kier molecular flexibility index (Phi) is 5.40. The number of allylic oxidation sites excluding steroid dienone is 1. The van der Waals surface area contributed by atoms with E-state index < -0.39 is 11.9 Å². The molecule has 9 nitrogen and oxygen atoms in total. The maximum Gasteiger partial charge on any atom is 0.248 e. The van der Waals surface area contributed by atoms with Gasteiger partial charge in [0.05, 0.1) is 17.2 Å². The Morgan fingerprint density at radius 2 is 2.07 bits per heavy atom. The fourth-order valence-electron chi connectivity index (χ4n) is 3.41. The zero-order valence-electron chi connectivity index (χ0n) is 16.3. The van der Waals surface area contributed by atoms with Crippen molar-refractivity contribution in [2.24, 2.45) is 5.73 Å². The van der Waals surface area contributed by atoms with Crippen LogP contribution in [0.4, 0.5) is 5.95 Å². The highest BCUT2D eigenvalue weighted by Crippen LogP contribution is 2.42. The van der Waals surface area contributed by atoms with Crippen LogP contribution in [-0.4, -0.2) is 33.2 Å². The van der Waals surface area contributed by atoms with E-state index in [1.54, 1.807) is 20.1 Å². The van der Waals surface area contributed by atoms with Crippen LogP contribution < -0.4 is 20.5 Å². The Morgan fingerprint density at radius 1 is 1.30 bits per heavy atom. The van der Waals surface area contributed by atoms with Crippen LogP contribution in [0.15, 0.2) is 58.2 Å². The number of nitrogens with zero attached hydrogens (tertiary/aromatic N) is 4. The van der Waals surface area contributed by atoms with Crippen LogP contribution in [0.25, 0.3) is 0 Å². The lowest BCUT2D eigenvalue weighted by molar-refractivity contribution is -0.115. The fourth-order valence-corrected chi connectivity index (χ4v) is 3.98. The van der Waals surface area contributed by atoms with E-state index in [0.717, 1.165) is 5.56 Å². The maximum atomic E-state index is 12.2. The summed E-state index contributed by atoms with van der Waals surface area (Å²) in [6.45, 7) is 2.14. The van der Waals surface area contributed by atoms with Crippen molar-refractivity contribution in [3.63, 3.8) is 0 Å². The number of hydrogen-bond acceptors (Lipinski definition) is 7. The molecular formula is C20H19BrN6O3. The van der Waals surface area contributed by atoms with Crippen molar-refractivity contribution >= 4 is 27.8 Å². The Morgan fingerprint density at radius 3 is 2.77 bits per heavy atom. The van der Waals surface area contributed by atoms with E-state index in [1.165, 1.54) is 4.68 Å². The Labute approximate surface area is 181 Å². The number of benzene rings is 2. The quantitative estimate of drug-likeness (QED) is 0.568. The lowest BCUT2D eigenvalue weighted by Gasteiger charge is -2.27. The number of methoxy groups -OCH3 is 1.